The van der Waals surface area contributed by atoms with E-state index in [0.29, 0.717) is 6.42 Å². The van der Waals surface area contributed by atoms with Crippen molar-refractivity contribution in [1.29, 1.82) is 5.26 Å². The molecular weight excluding hydrogens is 413 g/mol. The van der Waals surface area contributed by atoms with Crippen molar-refractivity contribution in [1.82, 2.24) is 0 Å². The summed E-state index contributed by atoms with van der Waals surface area (Å²) >= 11 is 5.97. The van der Waals surface area contributed by atoms with Gasteiger partial charge in [0.1, 0.15) is 17.9 Å². The fraction of sp³-hybridized carbons (Fsp3) is 0.579. The second-order valence-electron chi connectivity index (χ2n) is 8.27. The van der Waals surface area contributed by atoms with Crippen LogP contribution in [0.4, 0.5) is 18.9 Å². The minimum absolute atomic E-state index is 0.0831. The number of rotatable bonds is 1. The fourth-order valence-electron chi connectivity index (χ4n) is 5.74. The molecule has 29 heavy (non-hydrogen) atoms. The normalized spacial score (nSPS) is 40.3. The van der Waals surface area contributed by atoms with Crippen LogP contribution in [-0.4, -0.2) is 41.2 Å². The Balaban J connectivity index is 1.65. The molecule has 5 rings (SSSR count). The van der Waals surface area contributed by atoms with Gasteiger partial charge in [-0.15, -0.1) is 0 Å². The highest BCUT2D eigenvalue weighted by molar-refractivity contribution is 6.32. The number of carbonyl (C=O) groups is 1. The number of alkyl halides is 3. The van der Waals surface area contributed by atoms with Crippen molar-refractivity contribution in [2.75, 3.05) is 11.5 Å². The zero-order chi connectivity index (χ0) is 20.9. The maximum Gasteiger partial charge on any atom is 0.417 e. The molecule has 0 saturated carbocycles. The van der Waals surface area contributed by atoms with Crippen LogP contribution in [0.25, 0.3) is 0 Å². The molecule has 154 valence electrons. The van der Waals surface area contributed by atoms with E-state index in [2.05, 4.69) is 0 Å². The van der Waals surface area contributed by atoms with Gasteiger partial charge >= 0.3 is 6.18 Å². The molecule has 4 aliphatic heterocycles. The molecule has 4 saturated heterocycles. The third-order valence-electron chi connectivity index (χ3n) is 6.78. The minimum Gasteiger partial charge on any atom is -0.390 e. The molecule has 4 aliphatic rings. The number of nitrogens with zero attached hydrogens (tertiary/aromatic N) is 2. The molecule has 0 unspecified atom stereocenters. The quantitative estimate of drug-likeness (QED) is 0.743. The standard InChI is InChI=1S/C19H16ClF3N2O4/c1-17-6-12(26)18(29-17)2-3-28-16-14(18)13(17)15(27)25(16)8-4-10(19(21,22)23)9(7-24)11(20)5-8/h4-5,12-14,16,26H,2-3,6H2,1H3/t12-,13-,14+,16+,17-,18+/m1/s1. The van der Waals surface area contributed by atoms with Crippen molar-refractivity contribution in [3.05, 3.63) is 28.3 Å². The van der Waals surface area contributed by atoms with Gasteiger partial charge in [0.2, 0.25) is 5.91 Å². The van der Waals surface area contributed by atoms with Crippen LogP contribution >= 0.6 is 11.6 Å². The minimum atomic E-state index is -4.82. The molecule has 0 radical (unpaired) electrons. The summed E-state index contributed by atoms with van der Waals surface area (Å²) < 4.78 is 52.5. The first-order valence-corrected chi connectivity index (χ1v) is 9.55. The van der Waals surface area contributed by atoms with Crippen molar-refractivity contribution in [2.45, 2.75) is 49.5 Å². The number of carbonyl (C=O) groups excluding carboxylic acids is 1. The maximum atomic E-state index is 13.5. The Bertz CT molecular complexity index is 979. The molecular formula is C19H16ClF3N2O4. The monoisotopic (exact) mass is 428 g/mol. The van der Waals surface area contributed by atoms with Crippen molar-refractivity contribution in [3.63, 3.8) is 0 Å². The van der Waals surface area contributed by atoms with Gasteiger partial charge in [-0.1, -0.05) is 11.6 Å². The highest BCUT2D eigenvalue weighted by atomic mass is 35.5. The van der Waals surface area contributed by atoms with E-state index in [9.17, 15) is 23.1 Å². The Morgan fingerprint density at radius 1 is 1.41 bits per heavy atom. The Morgan fingerprint density at radius 3 is 2.79 bits per heavy atom. The van der Waals surface area contributed by atoms with Gasteiger partial charge in [0, 0.05) is 18.5 Å². The first kappa shape index (κ1) is 19.1. The number of aliphatic hydroxyl groups is 1. The Morgan fingerprint density at radius 2 is 2.14 bits per heavy atom. The predicted molar refractivity (Wildman–Crippen MR) is 92.8 cm³/mol. The van der Waals surface area contributed by atoms with Crippen molar-refractivity contribution < 1.29 is 32.5 Å². The van der Waals surface area contributed by atoms with E-state index in [1.807, 2.05) is 0 Å². The van der Waals surface area contributed by atoms with Crippen LogP contribution in [0.1, 0.15) is 30.9 Å². The highest BCUT2D eigenvalue weighted by Crippen LogP contribution is 2.65. The molecule has 0 aliphatic carbocycles. The molecule has 1 aromatic carbocycles. The van der Waals surface area contributed by atoms with Crippen molar-refractivity contribution >= 4 is 23.2 Å². The number of halogens is 4. The lowest BCUT2D eigenvalue weighted by Crippen LogP contribution is -2.56. The van der Waals surface area contributed by atoms with Gasteiger partial charge in [-0.25, -0.2) is 0 Å². The summed E-state index contributed by atoms with van der Waals surface area (Å²) in [4.78, 5) is 14.5. The molecule has 0 aromatic heterocycles. The second kappa shape index (κ2) is 5.64. The van der Waals surface area contributed by atoms with Crippen LogP contribution in [0.15, 0.2) is 12.1 Å². The number of hydrogen-bond acceptors (Lipinski definition) is 5. The van der Waals surface area contributed by atoms with Crippen LogP contribution in [0, 0.1) is 23.2 Å². The largest absolute Gasteiger partial charge is 0.417 e. The van der Waals surface area contributed by atoms with Crippen LogP contribution in [0.3, 0.4) is 0 Å². The zero-order valence-corrected chi connectivity index (χ0v) is 15.9. The topological polar surface area (TPSA) is 82.8 Å². The summed E-state index contributed by atoms with van der Waals surface area (Å²) in [5, 5.41) is 19.3. The van der Waals surface area contributed by atoms with Crippen LogP contribution in [0.2, 0.25) is 5.02 Å². The lowest BCUT2D eigenvalue weighted by molar-refractivity contribution is -0.163. The number of benzene rings is 1. The van der Waals surface area contributed by atoms with E-state index in [4.69, 9.17) is 26.3 Å². The molecule has 2 bridgehead atoms. The third-order valence-corrected chi connectivity index (χ3v) is 7.08. The first-order chi connectivity index (χ1) is 13.5. The van der Waals surface area contributed by atoms with Gasteiger partial charge in [-0.2, -0.15) is 18.4 Å². The van der Waals surface area contributed by atoms with Crippen LogP contribution < -0.4 is 4.90 Å². The van der Waals surface area contributed by atoms with E-state index in [1.165, 1.54) is 17.0 Å². The number of hydrogen-bond donors (Lipinski definition) is 1. The van der Waals surface area contributed by atoms with Crippen LogP contribution in [-0.2, 0) is 20.4 Å². The second-order valence-corrected chi connectivity index (χ2v) is 8.68. The summed E-state index contributed by atoms with van der Waals surface area (Å²) in [6.07, 6.45) is -5.78. The Kier molecular flexibility index (Phi) is 3.72. The SMILES string of the molecule is C[C@@]12C[C@@H](O)[C@]3(CCO[C@H]4[C@@H]3[C@@H]1C(=O)N4c1cc(Cl)c(C#N)c(C(F)(F)F)c1)O2. The fourth-order valence-corrected chi connectivity index (χ4v) is 6.00. The van der Waals surface area contributed by atoms with Crippen LogP contribution in [0.5, 0.6) is 0 Å². The van der Waals surface area contributed by atoms with Gasteiger partial charge in [0.15, 0.2) is 0 Å². The maximum absolute atomic E-state index is 13.5. The molecule has 4 heterocycles. The number of nitriles is 1. The lowest BCUT2D eigenvalue weighted by atomic mass is 9.65. The van der Waals surface area contributed by atoms with Crippen molar-refractivity contribution in [3.8, 4) is 6.07 Å². The molecule has 1 amide bonds. The van der Waals surface area contributed by atoms with Gasteiger partial charge in [-0.05, 0) is 19.1 Å². The Labute approximate surface area is 168 Å². The first-order valence-electron chi connectivity index (χ1n) is 9.17. The van der Waals surface area contributed by atoms with E-state index >= 15 is 0 Å². The average molecular weight is 429 g/mol. The number of fused-ring (bicyclic) bond motifs is 2. The van der Waals surface area contributed by atoms with E-state index in [-0.39, 0.29) is 18.7 Å². The number of ether oxygens (including phenoxy) is 2. The molecule has 6 nitrogen and oxygen atoms in total. The molecule has 6 atom stereocenters. The molecule has 4 fully saturated rings. The van der Waals surface area contributed by atoms with Gasteiger partial charge in [0.25, 0.3) is 0 Å². The summed E-state index contributed by atoms with van der Waals surface area (Å²) in [5.41, 5.74) is -3.84. The zero-order valence-electron chi connectivity index (χ0n) is 15.2. The van der Waals surface area contributed by atoms with Crippen molar-refractivity contribution in [2.24, 2.45) is 11.8 Å². The van der Waals surface area contributed by atoms with E-state index < -0.39 is 63.6 Å². The summed E-state index contributed by atoms with van der Waals surface area (Å²) in [5.74, 6) is -1.56. The van der Waals surface area contributed by atoms with E-state index in [1.54, 1.807) is 6.92 Å². The summed E-state index contributed by atoms with van der Waals surface area (Å²) in [7, 11) is 0. The number of anilines is 1. The third kappa shape index (κ3) is 2.26. The molecule has 1 N–H and O–H groups in total. The van der Waals surface area contributed by atoms with E-state index in [0.717, 1.165) is 6.07 Å². The summed E-state index contributed by atoms with van der Waals surface area (Å²) in [6.45, 7) is 1.94. The van der Waals surface area contributed by atoms with Gasteiger partial charge in [0.05, 0.1) is 46.3 Å². The molecule has 1 aromatic rings. The predicted octanol–water partition coefficient (Wildman–Crippen LogP) is 2.85. The highest BCUT2D eigenvalue weighted by Gasteiger charge is 2.78. The van der Waals surface area contributed by atoms with Gasteiger partial charge in [-0.3, -0.25) is 9.69 Å². The van der Waals surface area contributed by atoms with Gasteiger partial charge < -0.3 is 14.6 Å². The molecule has 1 spiro atoms. The summed E-state index contributed by atoms with van der Waals surface area (Å²) in [6, 6.07) is 3.42. The Hall–Kier alpha value is -1.86. The number of aliphatic hydroxyl groups excluding tert-OH is 1. The molecule has 10 heteroatoms. The smallest absolute Gasteiger partial charge is 0.390 e. The number of amides is 1. The lowest BCUT2D eigenvalue weighted by Gasteiger charge is -2.43. The average Bonchev–Trinajstić information content (AvgIpc) is 3.17.